The molecule has 0 aliphatic rings. The molecule has 1 aromatic heterocycles. The molecule has 0 radical (unpaired) electrons. The fraction of sp³-hybridized carbons (Fsp3) is 0.280. The van der Waals surface area contributed by atoms with Crippen molar-refractivity contribution in [2.75, 3.05) is 12.4 Å². The Kier molecular flexibility index (Phi) is 8.48. The van der Waals surface area contributed by atoms with Crippen LogP contribution >= 0.6 is 11.6 Å². The van der Waals surface area contributed by atoms with Gasteiger partial charge in [0.25, 0.3) is 5.91 Å². The van der Waals surface area contributed by atoms with Crippen LogP contribution in [0.3, 0.4) is 0 Å². The Morgan fingerprint density at radius 1 is 1.20 bits per heavy atom. The average molecular weight is 498 g/mol. The maximum Gasteiger partial charge on any atom is 0.263 e. The van der Waals surface area contributed by atoms with Gasteiger partial charge in [0.15, 0.2) is 5.96 Å². The monoisotopic (exact) mass is 497 g/mol. The van der Waals surface area contributed by atoms with Crippen LogP contribution in [0.1, 0.15) is 47.0 Å². The third-order valence-corrected chi connectivity index (χ3v) is 5.39. The first-order valence-corrected chi connectivity index (χ1v) is 11.4. The van der Waals surface area contributed by atoms with Crippen molar-refractivity contribution in [1.29, 1.82) is 0 Å². The number of nitrogens with two attached hydrogens (primary N) is 1. The molecule has 35 heavy (non-hydrogen) atoms. The zero-order valence-corrected chi connectivity index (χ0v) is 20.8. The summed E-state index contributed by atoms with van der Waals surface area (Å²) >= 11 is 6.18. The number of aromatic nitrogens is 1. The maximum absolute atomic E-state index is 13.0. The van der Waals surface area contributed by atoms with E-state index in [-0.39, 0.29) is 24.0 Å². The summed E-state index contributed by atoms with van der Waals surface area (Å²) in [5.41, 5.74) is 9.54. The second-order valence-electron chi connectivity index (χ2n) is 7.95. The van der Waals surface area contributed by atoms with Gasteiger partial charge >= 0.3 is 0 Å². The second kappa shape index (κ2) is 11.5. The van der Waals surface area contributed by atoms with Crippen molar-refractivity contribution in [3.63, 3.8) is 0 Å². The van der Waals surface area contributed by atoms with Crippen molar-refractivity contribution < 1.29 is 18.8 Å². The summed E-state index contributed by atoms with van der Waals surface area (Å²) in [4.78, 5) is 29.1. The summed E-state index contributed by atoms with van der Waals surface area (Å²) in [6, 6.07) is 10.6. The number of nitrogens with one attached hydrogen (secondary N) is 2. The molecule has 3 rings (SSSR count). The van der Waals surface area contributed by atoms with Crippen LogP contribution in [0.2, 0.25) is 5.02 Å². The molecule has 0 fully saturated rings. The van der Waals surface area contributed by atoms with Crippen LogP contribution in [0.5, 0.6) is 5.75 Å². The third kappa shape index (κ3) is 6.60. The van der Waals surface area contributed by atoms with E-state index in [4.69, 9.17) is 26.6 Å². The minimum atomic E-state index is -0.492. The number of carbonyl (C=O) groups is 2. The lowest BCUT2D eigenvalue weighted by Gasteiger charge is -2.09. The standard InChI is InChI=1S/C25H28ClN5O4/c1-5-6-21(32)29-18-11-16(10-17(26)12-18)13-28-25(27)30-24(33)22-15(3)35-31-23(22)20-8-7-19(34-4)9-14(20)2/h7-12H,5-6,13H2,1-4H3,(H,29,32)(H3,27,28,30,33). The predicted octanol–water partition coefficient (Wildman–Crippen LogP) is 4.60. The highest BCUT2D eigenvalue weighted by Gasteiger charge is 2.23. The summed E-state index contributed by atoms with van der Waals surface area (Å²) in [6.45, 7) is 5.62. The van der Waals surface area contributed by atoms with Crippen LogP contribution < -0.4 is 21.1 Å². The van der Waals surface area contributed by atoms with E-state index in [9.17, 15) is 9.59 Å². The molecule has 0 aliphatic heterocycles. The number of ether oxygens (including phenoxy) is 1. The second-order valence-corrected chi connectivity index (χ2v) is 8.38. The first-order chi connectivity index (χ1) is 16.7. The summed E-state index contributed by atoms with van der Waals surface area (Å²) in [7, 11) is 1.59. The highest BCUT2D eigenvalue weighted by molar-refractivity contribution is 6.31. The third-order valence-electron chi connectivity index (χ3n) is 5.17. The number of hydrogen-bond acceptors (Lipinski definition) is 6. The maximum atomic E-state index is 13.0. The molecule has 4 N–H and O–H groups in total. The van der Waals surface area contributed by atoms with Crippen LogP contribution in [0.4, 0.5) is 5.69 Å². The molecule has 2 aromatic carbocycles. The lowest BCUT2D eigenvalue weighted by molar-refractivity contribution is -0.116. The smallest absolute Gasteiger partial charge is 0.263 e. The number of hydrogen-bond donors (Lipinski definition) is 3. The fourth-order valence-electron chi connectivity index (χ4n) is 3.51. The van der Waals surface area contributed by atoms with E-state index in [0.717, 1.165) is 23.1 Å². The Bertz CT molecular complexity index is 1270. The molecule has 1 heterocycles. The highest BCUT2D eigenvalue weighted by Crippen LogP contribution is 2.30. The van der Waals surface area contributed by atoms with Crippen molar-refractivity contribution in [2.24, 2.45) is 10.7 Å². The van der Waals surface area contributed by atoms with Crippen LogP contribution in [-0.2, 0) is 11.3 Å². The van der Waals surface area contributed by atoms with E-state index in [1.165, 1.54) is 0 Å². The zero-order valence-electron chi connectivity index (χ0n) is 20.1. The molecule has 0 unspecified atom stereocenters. The van der Waals surface area contributed by atoms with Gasteiger partial charge in [-0.05, 0) is 67.8 Å². The molecule has 0 atom stereocenters. The van der Waals surface area contributed by atoms with Crippen LogP contribution in [-0.4, -0.2) is 30.0 Å². The number of halogens is 1. The zero-order chi connectivity index (χ0) is 25.5. The molecule has 3 aromatic rings. The summed E-state index contributed by atoms with van der Waals surface area (Å²) < 4.78 is 10.5. The molecule has 0 aliphatic carbocycles. The summed E-state index contributed by atoms with van der Waals surface area (Å²) in [5, 5.41) is 9.91. The number of nitrogens with zero attached hydrogens (tertiary/aromatic N) is 2. The van der Waals surface area contributed by atoms with Crippen LogP contribution in [0.15, 0.2) is 45.9 Å². The molecular formula is C25H28ClN5O4. The van der Waals surface area contributed by atoms with E-state index in [0.29, 0.717) is 34.3 Å². The Hall–Kier alpha value is -3.85. The van der Waals surface area contributed by atoms with E-state index in [1.807, 2.05) is 26.0 Å². The number of aliphatic imine (C=N–C) groups is 1. The Balaban J connectivity index is 1.75. The molecule has 0 bridgehead atoms. The normalized spacial score (nSPS) is 11.3. The lowest BCUT2D eigenvalue weighted by Crippen LogP contribution is -2.37. The number of guanidine groups is 1. The van der Waals surface area contributed by atoms with Gasteiger partial charge in [-0.15, -0.1) is 0 Å². The molecule has 9 nitrogen and oxygen atoms in total. The van der Waals surface area contributed by atoms with Crippen LogP contribution in [0.25, 0.3) is 11.3 Å². The molecule has 0 saturated carbocycles. The Morgan fingerprint density at radius 2 is 1.97 bits per heavy atom. The number of anilines is 1. The number of rotatable bonds is 8. The number of methoxy groups -OCH3 is 1. The Morgan fingerprint density at radius 3 is 2.66 bits per heavy atom. The van der Waals surface area contributed by atoms with Gasteiger partial charge in [-0.1, -0.05) is 23.7 Å². The van der Waals surface area contributed by atoms with Gasteiger partial charge in [-0.25, -0.2) is 4.99 Å². The van der Waals surface area contributed by atoms with E-state index in [2.05, 4.69) is 20.8 Å². The Labute approximate surface area is 208 Å². The quantitative estimate of drug-likeness (QED) is 0.307. The topological polar surface area (TPSA) is 132 Å². The van der Waals surface area contributed by atoms with Crippen molar-refractivity contribution in [3.05, 3.63) is 63.9 Å². The van der Waals surface area contributed by atoms with Crippen molar-refractivity contribution >= 4 is 35.1 Å². The van der Waals surface area contributed by atoms with Crippen molar-refractivity contribution in [1.82, 2.24) is 10.5 Å². The minimum Gasteiger partial charge on any atom is -0.497 e. The van der Waals surface area contributed by atoms with Crippen molar-refractivity contribution in [2.45, 2.75) is 40.2 Å². The summed E-state index contributed by atoms with van der Waals surface area (Å²) in [5.74, 6) is 0.382. The largest absolute Gasteiger partial charge is 0.497 e. The SMILES string of the molecule is CCCC(=O)Nc1cc(Cl)cc(CN=C(N)NC(=O)c2c(-c3ccc(OC)cc3C)noc2C)c1. The number of carbonyl (C=O) groups excluding carboxylic acids is 2. The molecule has 10 heteroatoms. The molecule has 184 valence electrons. The lowest BCUT2D eigenvalue weighted by atomic mass is 10.0. The van der Waals surface area contributed by atoms with Gasteiger partial charge in [-0.3, -0.25) is 14.9 Å². The van der Waals surface area contributed by atoms with E-state index < -0.39 is 5.91 Å². The minimum absolute atomic E-state index is 0.0791. The number of aryl methyl sites for hydroxylation is 2. The van der Waals surface area contributed by atoms with Crippen LogP contribution in [0, 0.1) is 13.8 Å². The van der Waals surface area contributed by atoms with Gasteiger partial charge < -0.3 is 20.3 Å². The van der Waals surface area contributed by atoms with Gasteiger partial charge in [0.05, 0.1) is 13.7 Å². The summed E-state index contributed by atoms with van der Waals surface area (Å²) in [6.07, 6.45) is 1.16. The van der Waals surface area contributed by atoms with E-state index >= 15 is 0 Å². The molecule has 0 spiro atoms. The van der Waals surface area contributed by atoms with Gasteiger partial charge in [0, 0.05) is 22.7 Å². The van der Waals surface area contributed by atoms with Gasteiger partial charge in [0.2, 0.25) is 5.91 Å². The van der Waals surface area contributed by atoms with Gasteiger partial charge in [0.1, 0.15) is 22.8 Å². The molecule has 0 saturated heterocycles. The molecular weight excluding hydrogens is 470 g/mol. The number of benzene rings is 2. The average Bonchev–Trinajstić information content (AvgIpc) is 3.18. The van der Waals surface area contributed by atoms with Crippen molar-refractivity contribution in [3.8, 4) is 17.0 Å². The highest BCUT2D eigenvalue weighted by atomic mass is 35.5. The first-order valence-electron chi connectivity index (χ1n) is 11.0. The fourth-order valence-corrected chi connectivity index (χ4v) is 3.77. The number of amides is 2. The molecule has 2 amide bonds. The first kappa shape index (κ1) is 25.8. The van der Waals surface area contributed by atoms with Gasteiger partial charge in [-0.2, -0.15) is 0 Å². The van der Waals surface area contributed by atoms with E-state index in [1.54, 1.807) is 38.3 Å². The predicted molar refractivity (Wildman–Crippen MR) is 136 cm³/mol.